The first kappa shape index (κ1) is 16.0. The number of aromatic nitrogens is 3. The van der Waals surface area contributed by atoms with E-state index in [1.807, 2.05) is 18.2 Å². The second-order valence-electron chi connectivity index (χ2n) is 6.08. The Labute approximate surface area is 137 Å². The lowest BCUT2D eigenvalue weighted by atomic mass is 10.1. The number of H-pyrrole nitrogens is 1. The maximum absolute atomic E-state index is 5.39. The number of nitrogens with zero attached hydrogens (tertiary/aromatic N) is 3. The highest BCUT2D eigenvalue weighted by molar-refractivity contribution is 5.35. The van der Waals surface area contributed by atoms with Gasteiger partial charge in [-0.1, -0.05) is 18.2 Å². The van der Waals surface area contributed by atoms with E-state index in [0.717, 1.165) is 42.6 Å². The Morgan fingerprint density at radius 3 is 2.83 bits per heavy atom. The summed E-state index contributed by atoms with van der Waals surface area (Å²) in [6.45, 7) is 2.98. The Morgan fingerprint density at radius 1 is 1.26 bits per heavy atom. The number of hydrogen-bond acceptors (Lipinski definition) is 5. The molecular weight excluding hydrogens is 290 g/mol. The number of benzene rings is 1. The molecule has 6 nitrogen and oxygen atoms in total. The number of hydrogen-bond donors (Lipinski definition) is 2. The molecule has 1 aromatic carbocycles. The Balaban J connectivity index is 1.61. The largest absolute Gasteiger partial charge is 0.496 e. The average Bonchev–Trinajstić information content (AvgIpc) is 3.03. The lowest BCUT2D eigenvalue weighted by Crippen LogP contribution is -2.40. The monoisotopic (exact) mass is 315 g/mol. The molecule has 0 atom stereocenters. The van der Waals surface area contributed by atoms with Gasteiger partial charge in [0.05, 0.1) is 13.7 Å². The molecule has 3 rings (SSSR count). The van der Waals surface area contributed by atoms with Gasteiger partial charge in [-0.3, -0.25) is 10.00 Å². The highest BCUT2D eigenvalue weighted by Crippen LogP contribution is 2.19. The number of ether oxygens (including phenoxy) is 1. The number of aromatic amines is 1. The van der Waals surface area contributed by atoms with Crippen molar-refractivity contribution in [1.82, 2.24) is 25.4 Å². The summed E-state index contributed by atoms with van der Waals surface area (Å²) in [4.78, 5) is 6.99. The van der Waals surface area contributed by atoms with Crippen molar-refractivity contribution in [2.75, 3.05) is 27.2 Å². The molecule has 1 aliphatic rings. The van der Waals surface area contributed by atoms with Gasteiger partial charge >= 0.3 is 0 Å². The normalized spacial score (nSPS) is 16.0. The predicted molar refractivity (Wildman–Crippen MR) is 89.5 cm³/mol. The molecule has 1 aliphatic heterocycles. The summed E-state index contributed by atoms with van der Waals surface area (Å²) in [5.74, 6) is 2.62. The van der Waals surface area contributed by atoms with Gasteiger partial charge in [-0.25, -0.2) is 4.98 Å². The van der Waals surface area contributed by atoms with Crippen LogP contribution in [0.4, 0.5) is 0 Å². The summed E-state index contributed by atoms with van der Waals surface area (Å²) in [7, 11) is 3.85. The van der Waals surface area contributed by atoms with Crippen LogP contribution in [0, 0.1) is 0 Å². The van der Waals surface area contributed by atoms with Crippen molar-refractivity contribution in [2.45, 2.75) is 31.8 Å². The zero-order chi connectivity index (χ0) is 16.1. The van der Waals surface area contributed by atoms with E-state index in [-0.39, 0.29) is 0 Å². The zero-order valence-electron chi connectivity index (χ0n) is 13.9. The molecule has 0 radical (unpaired) electrons. The van der Waals surface area contributed by atoms with Crippen LogP contribution in [0.15, 0.2) is 24.3 Å². The highest BCUT2D eigenvalue weighted by Gasteiger charge is 2.19. The van der Waals surface area contributed by atoms with E-state index in [0.29, 0.717) is 12.5 Å². The first-order chi connectivity index (χ1) is 11.3. The van der Waals surface area contributed by atoms with Crippen molar-refractivity contribution < 1.29 is 4.74 Å². The van der Waals surface area contributed by atoms with Gasteiger partial charge in [-0.2, -0.15) is 5.10 Å². The number of methoxy groups -OCH3 is 1. The molecule has 1 saturated heterocycles. The number of para-hydroxylation sites is 1. The average molecular weight is 315 g/mol. The second-order valence-corrected chi connectivity index (χ2v) is 6.08. The van der Waals surface area contributed by atoms with Crippen LogP contribution < -0.4 is 10.1 Å². The van der Waals surface area contributed by atoms with E-state index < -0.39 is 0 Å². The van der Waals surface area contributed by atoms with Gasteiger partial charge in [0.15, 0.2) is 5.82 Å². The maximum Gasteiger partial charge on any atom is 0.164 e. The smallest absolute Gasteiger partial charge is 0.164 e. The predicted octanol–water partition coefficient (Wildman–Crippen LogP) is 1.59. The number of rotatable bonds is 6. The topological polar surface area (TPSA) is 66.1 Å². The summed E-state index contributed by atoms with van der Waals surface area (Å²) in [6, 6.07) is 8.63. The molecule has 2 heterocycles. The van der Waals surface area contributed by atoms with Gasteiger partial charge in [0.2, 0.25) is 0 Å². The van der Waals surface area contributed by atoms with Crippen LogP contribution in [0.3, 0.4) is 0 Å². The molecular formula is C17H25N5O. The Kier molecular flexibility index (Phi) is 5.25. The maximum atomic E-state index is 5.39. The summed E-state index contributed by atoms with van der Waals surface area (Å²) in [5, 5.41) is 10.8. The van der Waals surface area contributed by atoms with Crippen molar-refractivity contribution in [2.24, 2.45) is 0 Å². The molecule has 0 amide bonds. The third-order valence-electron chi connectivity index (χ3n) is 4.45. The molecule has 0 aliphatic carbocycles. The Hall–Kier alpha value is -1.92. The first-order valence-corrected chi connectivity index (χ1v) is 8.19. The molecule has 124 valence electrons. The minimum absolute atomic E-state index is 0.618. The van der Waals surface area contributed by atoms with Gasteiger partial charge in [-0.05, 0) is 39.0 Å². The van der Waals surface area contributed by atoms with E-state index in [1.54, 1.807) is 7.11 Å². The molecule has 2 aromatic rings. The zero-order valence-corrected chi connectivity index (χ0v) is 13.9. The van der Waals surface area contributed by atoms with Gasteiger partial charge in [0.1, 0.15) is 11.6 Å². The molecule has 0 spiro atoms. The first-order valence-electron chi connectivity index (χ1n) is 8.19. The standard InChI is InChI=1S/C17H25N5O/c1-22(14-7-9-18-10-8-14)12-17-19-16(20-21-17)11-13-5-3-4-6-15(13)23-2/h3-6,14,18H,7-12H2,1-2H3,(H,19,20,21). The van der Waals surface area contributed by atoms with Crippen molar-refractivity contribution in [3.05, 3.63) is 41.5 Å². The van der Waals surface area contributed by atoms with Crippen LogP contribution in [0.2, 0.25) is 0 Å². The summed E-state index contributed by atoms with van der Waals surface area (Å²) < 4.78 is 5.39. The van der Waals surface area contributed by atoms with Gasteiger partial charge in [0, 0.05) is 18.0 Å². The van der Waals surface area contributed by atoms with Crippen LogP contribution in [0.5, 0.6) is 5.75 Å². The van der Waals surface area contributed by atoms with Crippen LogP contribution in [0.25, 0.3) is 0 Å². The molecule has 0 bridgehead atoms. The van der Waals surface area contributed by atoms with Crippen molar-refractivity contribution >= 4 is 0 Å². The van der Waals surface area contributed by atoms with Crippen molar-refractivity contribution in [3.63, 3.8) is 0 Å². The minimum Gasteiger partial charge on any atom is -0.496 e. The summed E-state index contributed by atoms with van der Waals surface area (Å²) >= 11 is 0. The SMILES string of the molecule is COc1ccccc1Cc1nc(CN(C)C2CCNCC2)n[nH]1. The van der Waals surface area contributed by atoms with Gasteiger partial charge in [-0.15, -0.1) is 0 Å². The van der Waals surface area contributed by atoms with Crippen LogP contribution in [0.1, 0.15) is 30.1 Å². The van der Waals surface area contributed by atoms with E-state index >= 15 is 0 Å². The number of nitrogens with one attached hydrogen (secondary N) is 2. The van der Waals surface area contributed by atoms with Gasteiger partial charge in [0.25, 0.3) is 0 Å². The molecule has 0 unspecified atom stereocenters. The highest BCUT2D eigenvalue weighted by atomic mass is 16.5. The fourth-order valence-electron chi connectivity index (χ4n) is 3.11. The molecule has 2 N–H and O–H groups in total. The van der Waals surface area contributed by atoms with E-state index in [1.165, 1.54) is 12.8 Å². The molecule has 1 fully saturated rings. The van der Waals surface area contributed by atoms with Crippen molar-refractivity contribution in [1.29, 1.82) is 0 Å². The molecule has 6 heteroatoms. The van der Waals surface area contributed by atoms with Crippen LogP contribution in [-0.2, 0) is 13.0 Å². The lowest BCUT2D eigenvalue weighted by Gasteiger charge is -2.30. The Morgan fingerprint density at radius 2 is 2.04 bits per heavy atom. The van der Waals surface area contributed by atoms with Gasteiger partial charge < -0.3 is 10.1 Å². The second kappa shape index (κ2) is 7.57. The molecule has 1 aromatic heterocycles. The van der Waals surface area contributed by atoms with Crippen LogP contribution >= 0.6 is 0 Å². The molecule has 23 heavy (non-hydrogen) atoms. The molecule has 0 saturated carbocycles. The van der Waals surface area contributed by atoms with Crippen molar-refractivity contribution in [3.8, 4) is 5.75 Å². The third-order valence-corrected chi connectivity index (χ3v) is 4.45. The van der Waals surface area contributed by atoms with Crippen LogP contribution in [-0.4, -0.2) is 53.4 Å². The quantitative estimate of drug-likeness (QED) is 0.847. The summed E-state index contributed by atoms with van der Waals surface area (Å²) in [6.07, 6.45) is 3.08. The van der Waals surface area contributed by atoms with E-state index in [4.69, 9.17) is 4.74 Å². The summed E-state index contributed by atoms with van der Waals surface area (Å²) in [5.41, 5.74) is 1.12. The lowest BCUT2D eigenvalue weighted by molar-refractivity contribution is 0.188. The van der Waals surface area contributed by atoms with E-state index in [9.17, 15) is 0 Å². The fourth-order valence-corrected chi connectivity index (χ4v) is 3.11. The van der Waals surface area contributed by atoms with E-state index in [2.05, 4.69) is 38.5 Å². The fraction of sp³-hybridized carbons (Fsp3) is 0.529. The Bertz CT molecular complexity index is 621. The minimum atomic E-state index is 0.618. The third kappa shape index (κ3) is 4.09. The number of piperidine rings is 1.